The van der Waals surface area contributed by atoms with E-state index in [0.717, 1.165) is 12.1 Å². The van der Waals surface area contributed by atoms with E-state index in [9.17, 15) is 8.78 Å². The van der Waals surface area contributed by atoms with Crippen LogP contribution >= 0.6 is 0 Å². The molecule has 0 aliphatic heterocycles. The summed E-state index contributed by atoms with van der Waals surface area (Å²) < 4.78 is 26.9. The fourth-order valence-electron chi connectivity index (χ4n) is 1.19. The lowest BCUT2D eigenvalue weighted by molar-refractivity contribution is 0.578. The Morgan fingerprint density at radius 3 is 2.25 bits per heavy atom. The number of hydrogen-bond acceptors (Lipinski definition) is 1. The summed E-state index contributed by atoms with van der Waals surface area (Å²) in [4.78, 5) is 7.91. The van der Waals surface area contributed by atoms with Crippen LogP contribution in [0, 0.1) is 11.6 Å². The fraction of sp³-hybridized carbons (Fsp3) is 0.333. The van der Waals surface area contributed by atoms with Crippen molar-refractivity contribution in [2.45, 2.75) is 20.3 Å². The zero-order valence-electron chi connectivity index (χ0n) is 9.59. The standard InChI is InChI=1S/C12H14F2N2/c1-4-8(2)16-12(15-3)11-9(13)6-5-7-10(11)14/h5-7H,4H2,1-3H3. The largest absolute Gasteiger partial charge is 0.269 e. The lowest BCUT2D eigenvalue weighted by atomic mass is 10.1. The molecule has 0 unspecified atom stereocenters. The van der Waals surface area contributed by atoms with Crippen LogP contribution in [0.15, 0.2) is 28.2 Å². The van der Waals surface area contributed by atoms with E-state index in [0.29, 0.717) is 0 Å². The van der Waals surface area contributed by atoms with Crippen LogP contribution in [0.25, 0.3) is 0 Å². The summed E-state index contributed by atoms with van der Waals surface area (Å²) in [5, 5.41) is 0. The zero-order valence-corrected chi connectivity index (χ0v) is 9.59. The second kappa shape index (κ2) is 5.49. The van der Waals surface area contributed by atoms with Gasteiger partial charge < -0.3 is 0 Å². The van der Waals surface area contributed by atoms with Crippen LogP contribution in [0.2, 0.25) is 0 Å². The Balaban J connectivity index is 3.26. The molecule has 0 fully saturated rings. The molecule has 0 aromatic heterocycles. The first-order chi connectivity index (χ1) is 7.60. The maximum Gasteiger partial charge on any atom is 0.160 e. The van der Waals surface area contributed by atoms with Gasteiger partial charge in [-0.25, -0.2) is 13.8 Å². The van der Waals surface area contributed by atoms with Gasteiger partial charge in [-0.2, -0.15) is 0 Å². The quantitative estimate of drug-likeness (QED) is 0.544. The molecule has 0 bridgehead atoms. The van der Waals surface area contributed by atoms with Gasteiger partial charge in [-0.3, -0.25) is 4.99 Å². The molecular weight excluding hydrogens is 210 g/mol. The van der Waals surface area contributed by atoms with Crippen molar-refractivity contribution < 1.29 is 8.78 Å². The Kier molecular flexibility index (Phi) is 4.28. The molecule has 4 heteroatoms. The summed E-state index contributed by atoms with van der Waals surface area (Å²) in [7, 11) is 1.47. The highest BCUT2D eigenvalue weighted by Crippen LogP contribution is 2.14. The summed E-state index contributed by atoms with van der Waals surface area (Å²) in [6.07, 6.45) is 0.717. The van der Waals surface area contributed by atoms with E-state index in [1.54, 1.807) is 6.92 Å². The predicted octanol–water partition coefficient (Wildman–Crippen LogP) is 3.21. The summed E-state index contributed by atoms with van der Waals surface area (Å²) >= 11 is 0. The van der Waals surface area contributed by atoms with Crippen LogP contribution in [-0.2, 0) is 0 Å². The van der Waals surface area contributed by atoms with Gasteiger partial charge in [0.2, 0.25) is 0 Å². The topological polar surface area (TPSA) is 24.7 Å². The molecule has 0 aliphatic carbocycles. The van der Waals surface area contributed by atoms with Crippen molar-refractivity contribution >= 4 is 11.5 Å². The van der Waals surface area contributed by atoms with Gasteiger partial charge in [0, 0.05) is 12.8 Å². The first-order valence-corrected chi connectivity index (χ1v) is 5.05. The minimum atomic E-state index is -0.645. The smallest absolute Gasteiger partial charge is 0.160 e. The second-order valence-electron chi connectivity index (χ2n) is 3.34. The number of amidine groups is 1. The van der Waals surface area contributed by atoms with Crippen LogP contribution < -0.4 is 0 Å². The molecule has 0 saturated heterocycles. The van der Waals surface area contributed by atoms with Crippen LogP contribution in [-0.4, -0.2) is 18.6 Å². The highest BCUT2D eigenvalue weighted by molar-refractivity contribution is 6.06. The van der Waals surface area contributed by atoms with Crippen molar-refractivity contribution in [3.05, 3.63) is 35.4 Å². The van der Waals surface area contributed by atoms with E-state index in [2.05, 4.69) is 9.98 Å². The Morgan fingerprint density at radius 2 is 1.81 bits per heavy atom. The molecule has 0 aliphatic rings. The summed E-state index contributed by atoms with van der Waals surface area (Å²) in [5.74, 6) is -1.20. The molecule has 86 valence electrons. The Labute approximate surface area is 93.7 Å². The third-order valence-corrected chi connectivity index (χ3v) is 2.21. The Bertz CT molecular complexity index is 416. The van der Waals surface area contributed by atoms with Gasteiger partial charge in [0.05, 0.1) is 5.56 Å². The third-order valence-electron chi connectivity index (χ3n) is 2.21. The number of benzene rings is 1. The summed E-state index contributed by atoms with van der Waals surface area (Å²) in [6, 6.07) is 3.71. The molecule has 0 amide bonds. The molecule has 0 radical (unpaired) electrons. The van der Waals surface area contributed by atoms with E-state index >= 15 is 0 Å². The van der Waals surface area contributed by atoms with Crippen molar-refractivity contribution in [2.24, 2.45) is 9.98 Å². The van der Waals surface area contributed by atoms with Crippen LogP contribution in [0.1, 0.15) is 25.8 Å². The van der Waals surface area contributed by atoms with E-state index in [-0.39, 0.29) is 11.4 Å². The molecule has 1 aromatic rings. The third kappa shape index (κ3) is 2.72. The maximum absolute atomic E-state index is 13.5. The number of halogens is 2. The maximum atomic E-state index is 13.5. The first kappa shape index (κ1) is 12.5. The van der Waals surface area contributed by atoms with Crippen LogP contribution in [0.4, 0.5) is 8.78 Å². The lowest BCUT2D eigenvalue weighted by Crippen LogP contribution is -2.07. The molecule has 0 N–H and O–H groups in total. The van der Waals surface area contributed by atoms with Crippen LogP contribution in [0.5, 0.6) is 0 Å². The average Bonchev–Trinajstić information content (AvgIpc) is 2.27. The predicted molar refractivity (Wildman–Crippen MR) is 62.2 cm³/mol. The molecular formula is C12H14F2N2. The molecule has 2 nitrogen and oxygen atoms in total. The van der Waals surface area contributed by atoms with E-state index < -0.39 is 11.6 Å². The highest BCUT2D eigenvalue weighted by Gasteiger charge is 2.13. The molecule has 0 atom stereocenters. The summed E-state index contributed by atoms with van der Waals surface area (Å²) in [6.45, 7) is 3.72. The first-order valence-electron chi connectivity index (χ1n) is 5.05. The van der Waals surface area contributed by atoms with Gasteiger partial charge in [0.1, 0.15) is 11.6 Å². The van der Waals surface area contributed by atoms with Crippen molar-refractivity contribution in [1.82, 2.24) is 0 Å². The second-order valence-corrected chi connectivity index (χ2v) is 3.34. The normalized spacial score (nSPS) is 13.1. The lowest BCUT2D eigenvalue weighted by Gasteiger charge is -2.05. The SMILES string of the molecule is CCC(C)=NC(=NC)c1c(F)cccc1F. The number of rotatable bonds is 2. The average molecular weight is 224 g/mol. The van der Waals surface area contributed by atoms with E-state index in [1.165, 1.54) is 25.2 Å². The molecule has 0 heterocycles. The number of nitrogens with zero attached hydrogens (tertiary/aromatic N) is 2. The van der Waals surface area contributed by atoms with Gasteiger partial charge >= 0.3 is 0 Å². The van der Waals surface area contributed by atoms with E-state index in [4.69, 9.17) is 0 Å². The number of aliphatic imine (C=N–C) groups is 2. The molecule has 1 aromatic carbocycles. The molecule has 16 heavy (non-hydrogen) atoms. The number of hydrogen-bond donors (Lipinski definition) is 0. The Hall–Kier alpha value is -1.58. The van der Waals surface area contributed by atoms with Crippen molar-refractivity contribution in [3.63, 3.8) is 0 Å². The highest BCUT2D eigenvalue weighted by atomic mass is 19.1. The van der Waals surface area contributed by atoms with Crippen LogP contribution in [0.3, 0.4) is 0 Å². The van der Waals surface area contributed by atoms with Gasteiger partial charge in [-0.05, 0) is 25.5 Å². The monoisotopic (exact) mass is 224 g/mol. The van der Waals surface area contributed by atoms with Gasteiger partial charge in [-0.15, -0.1) is 0 Å². The molecule has 0 saturated carbocycles. The van der Waals surface area contributed by atoms with Gasteiger partial charge in [-0.1, -0.05) is 13.0 Å². The summed E-state index contributed by atoms with van der Waals surface area (Å²) in [5.41, 5.74) is 0.612. The molecule has 1 rings (SSSR count). The van der Waals surface area contributed by atoms with Gasteiger partial charge in [0.25, 0.3) is 0 Å². The van der Waals surface area contributed by atoms with E-state index in [1.807, 2.05) is 6.92 Å². The fourth-order valence-corrected chi connectivity index (χ4v) is 1.19. The van der Waals surface area contributed by atoms with Gasteiger partial charge in [0.15, 0.2) is 5.84 Å². The van der Waals surface area contributed by atoms with Crippen molar-refractivity contribution in [3.8, 4) is 0 Å². The Morgan fingerprint density at radius 1 is 1.25 bits per heavy atom. The minimum Gasteiger partial charge on any atom is -0.269 e. The minimum absolute atomic E-state index is 0.0925. The van der Waals surface area contributed by atoms with Crippen molar-refractivity contribution in [2.75, 3.05) is 7.05 Å². The zero-order chi connectivity index (χ0) is 12.1. The van der Waals surface area contributed by atoms with Crippen molar-refractivity contribution in [1.29, 1.82) is 0 Å². The molecule has 0 spiro atoms.